The van der Waals surface area contributed by atoms with Crippen molar-refractivity contribution in [1.29, 1.82) is 0 Å². The van der Waals surface area contributed by atoms with Crippen LogP contribution in [0.1, 0.15) is 27.5 Å². The van der Waals surface area contributed by atoms with E-state index in [9.17, 15) is 4.79 Å². The highest BCUT2D eigenvalue weighted by Crippen LogP contribution is 2.24. The summed E-state index contributed by atoms with van der Waals surface area (Å²) in [5, 5.41) is 7.78. The molecule has 0 aliphatic rings. The normalized spacial score (nSPS) is 12.0. The van der Waals surface area contributed by atoms with Crippen LogP contribution < -0.4 is 10.6 Å². The van der Waals surface area contributed by atoms with Crippen LogP contribution >= 0.6 is 0 Å². The van der Waals surface area contributed by atoms with E-state index in [1.165, 1.54) is 5.56 Å². The summed E-state index contributed by atoms with van der Waals surface area (Å²) in [5.41, 5.74) is 4.97. The number of hydrogen-bond donors (Lipinski definition) is 3. The third kappa shape index (κ3) is 5.25. The number of methoxy groups -OCH3 is 1. The minimum Gasteiger partial charge on any atom is -0.383 e. The molecule has 0 amide bonds. The summed E-state index contributed by atoms with van der Waals surface area (Å²) in [6.45, 7) is 2.16. The van der Waals surface area contributed by atoms with E-state index >= 15 is 0 Å². The number of anilines is 1. The van der Waals surface area contributed by atoms with Gasteiger partial charge in [0.25, 0.3) is 0 Å². The van der Waals surface area contributed by atoms with E-state index in [1.54, 1.807) is 7.11 Å². The quantitative estimate of drug-likeness (QED) is 0.233. The second-order valence-corrected chi connectivity index (χ2v) is 7.78. The van der Waals surface area contributed by atoms with Crippen molar-refractivity contribution in [2.24, 2.45) is 0 Å². The van der Waals surface area contributed by atoms with Crippen LogP contribution in [0.15, 0.2) is 85.1 Å². The number of aromatic amines is 1. The minimum absolute atomic E-state index is 0.0753. The number of fused-ring (bicyclic) bond motifs is 1. The molecule has 5 nitrogen and oxygen atoms in total. The van der Waals surface area contributed by atoms with Crippen molar-refractivity contribution in [3.05, 3.63) is 102 Å². The molecule has 164 valence electrons. The number of rotatable bonds is 11. The van der Waals surface area contributed by atoms with Crippen LogP contribution in [-0.2, 0) is 11.2 Å². The molecule has 0 fully saturated rings. The molecular formula is C27H29N3O2. The third-order valence-corrected chi connectivity index (χ3v) is 5.60. The van der Waals surface area contributed by atoms with E-state index in [-0.39, 0.29) is 5.78 Å². The molecule has 1 atom stereocenters. The van der Waals surface area contributed by atoms with E-state index in [1.807, 2.05) is 60.8 Å². The van der Waals surface area contributed by atoms with Crippen molar-refractivity contribution in [2.75, 3.05) is 32.1 Å². The maximum Gasteiger partial charge on any atom is 0.186 e. The molecule has 0 saturated carbocycles. The zero-order valence-electron chi connectivity index (χ0n) is 18.3. The van der Waals surface area contributed by atoms with Crippen LogP contribution in [0.25, 0.3) is 10.9 Å². The van der Waals surface area contributed by atoms with Gasteiger partial charge in [-0.2, -0.15) is 0 Å². The molecule has 0 radical (unpaired) electrons. The first kappa shape index (κ1) is 21.8. The highest BCUT2D eigenvalue weighted by molar-refractivity contribution is 6.10. The topological polar surface area (TPSA) is 66.2 Å². The van der Waals surface area contributed by atoms with E-state index in [4.69, 9.17) is 4.74 Å². The molecule has 3 N–H and O–H groups in total. The zero-order chi connectivity index (χ0) is 22.2. The number of benzene rings is 3. The molecular weight excluding hydrogens is 398 g/mol. The number of carbonyl (C=O) groups is 1. The molecule has 0 spiro atoms. The molecule has 3 aromatic carbocycles. The van der Waals surface area contributed by atoms with Gasteiger partial charge in [-0.15, -0.1) is 0 Å². The zero-order valence-corrected chi connectivity index (χ0v) is 18.3. The Bertz CT molecular complexity index is 1140. The summed E-state index contributed by atoms with van der Waals surface area (Å²) in [6, 6.07) is 25.8. The summed E-state index contributed by atoms with van der Waals surface area (Å²) in [7, 11) is 1.70. The highest BCUT2D eigenvalue weighted by Gasteiger charge is 2.23. The van der Waals surface area contributed by atoms with Gasteiger partial charge >= 0.3 is 0 Å². The van der Waals surface area contributed by atoms with Crippen molar-refractivity contribution in [1.82, 2.24) is 10.3 Å². The van der Waals surface area contributed by atoms with Gasteiger partial charge in [0, 0.05) is 48.5 Å². The Labute approximate surface area is 188 Å². The van der Waals surface area contributed by atoms with E-state index in [0.717, 1.165) is 35.1 Å². The Kier molecular flexibility index (Phi) is 7.33. The van der Waals surface area contributed by atoms with Gasteiger partial charge in [0.15, 0.2) is 5.78 Å². The lowest BCUT2D eigenvalue weighted by Gasteiger charge is -2.18. The standard InChI is InChI=1S/C27H29N3O2/c1-32-18-17-28-22-13-11-20(12-14-22)15-16-29-26(21-7-3-2-4-8-21)27(31)24-19-30-25-10-6-5-9-23(24)25/h2-14,19,26,28-30H,15-18H2,1H3/t26-/m1/s1. The lowest BCUT2D eigenvalue weighted by molar-refractivity contribution is 0.0945. The minimum atomic E-state index is -0.398. The second-order valence-electron chi connectivity index (χ2n) is 7.78. The van der Waals surface area contributed by atoms with Crippen LogP contribution in [0, 0.1) is 0 Å². The fourth-order valence-corrected chi connectivity index (χ4v) is 3.89. The van der Waals surface area contributed by atoms with E-state index in [0.29, 0.717) is 18.7 Å². The maximum absolute atomic E-state index is 13.5. The Morgan fingerprint density at radius 2 is 1.69 bits per heavy atom. The first-order chi connectivity index (χ1) is 15.8. The first-order valence-electron chi connectivity index (χ1n) is 11.0. The van der Waals surface area contributed by atoms with Crippen LogP contribution in [0.4, 0.5) is 5.69 Å². The number of aromatic nitrogens is 1. The molecule has 4 aromatic rings. The van der Waals surface area contributed by atoms with Crippen molar-refractivity contribution in [3.63, 3.8) is 0 Å². The molecule has 4 rings (SSSR count). The number of para-hydroxylation sites is 1. The van der Waals surface area contributed by atoms with Crippen molar-refractivity contribution >= 4 is 22.4 Å². The largest absolute Gasteiger partial charge is 0.383 e. The molecule has 0 bridgehead atoms. The SMILES string of the molecule is COCCNc1ccc(CCN[C@@H](C(=O)c2c[nH]c3ccccc23)c2ccccc2)cc1. The summed E-state index contributed by atoms with van der Waals surface area (Å²) in [6.07, 6.45) is 2.66. The number of nitrogens with one attached hydrogen (secondary N) is 3. The van der Waals surface area contributed by atoms with Crippen LogP contribution in [-0.4, -0.2) is 37.6 Å². The molecule has 0 aliphatic carbocycles. The Morgan fingerprint density at radius 1 is 0.938 bits per heavy atom. The molecule has 0 aliphatic heterocycles. The lowest BCUT2D eigenvalue weighted by Crippen LogP contribution is -2.30. The lowest BCUT2D eigenvalue weighted by atomic mass is 9.96. The second kappa shape index (κ2) is 10.8. The summed E-state index contributed by atoms with van der Waals surface area (Å²) in [4.78, 5) is 16.8. The molecule has 1 heterocycles. The van der Waals surface area contributed by atoms with Crippen molar-refractivity contribution < 1.29 is 9.53 Å². The van der Waals surface area contributed by atoms with E-state index < -0.39 is 6.04 Å². The average Bonchev–Trinajstić information content (AvgIpc) is 3.27. The van der Waals surface area contributed by atoms with Crippen LogP contribution in [0.2, 0.25) is 0 Å². The monoisotopic (exact) mass is 427 g/mol. The fraction of sp³-hybridized carbons (Fsp3) is 0.222. The van der Waals surface area contributed by atoms with Gasteiger partial charge in [-0.25, -0.2) is 0 Å². The van der Waals surface area contributed by atoms with E-state index in [2.05, 4.69) is 39.9 Å². The predicted molar refractivity (Wildman–Crippen MR) is 130 cm³/mol. The Hall–Kier alpha value is -3.41. The molecule has 0 unspecified atom stereocenters. The molecule has 5 heteroatoms. The third-order valence-electron chi connectivity index (χ3n) is 5.60. The summed E-state index contributed by atoms with van der Waals surface area (Å²) in [5.74, 6) is 0.0753. The smallest absolute Gasteiger partial charge is 0.186 e. The van der Waals surface area contributed by atoms with Gasteiger partial charge in [-0.3, -0.25) is 4.79 Å². The Balaban J connectivity index is 1.44. The highest BCUT2D eigenvalue weighted by atomic mass is 16.5. The van der Waals surface area contributed by atoms with Gasteiger partial charge in [-0.05, 0) is 35.7 Å². The van der Waals surface area contributed by atoms with Gasteiger partial charge in [0.2, 0.25) is 0 Å². The number of Topliss-reactive ketones (excluding diaryl/α,β-unsaturated/α-hetero) is 1. The predicted octanol–water partition coefficient (Wildman–Crippen LogP) is 4.98. The first-order valence-corrected chi connectivity index (χ1v) is 11.0. The van der Waals surface area contributed by atoms with Crippen molar-refractivity contribution in [2.45, 2.75) is 12.5 Å². The van der Waals surface area contributed by atoms with Crippen LogP contribution in [0.3, 0.4) is 0 Å². The molecule has 32 heavy (non-hydrogen) atoms. The van der Waals surface area contributed by atoms with Gasteiger partial charge in [-0.1, -0.05) is 60.7 Å². The summed E-state index contributed by atoms with van der Waals surface area (Å²) < 4.78 is 5.07. The number of carbonyl (C=O) groups excluding carboxylic acids is 1. The molecule has 0 saturated heterocycles. The number of ketones is 1. The van der Waals surface area contributed by atoms with Crippen molar-refractivity contribution in [3.8, 4) is 0 Å². The fourth-order valence-electron chi connectivity index (χ4n) is 3.89. The number of hydrogen-bond acceptors (Lipinski definition) is 4. The number of H-pyrrole nitrogens is 1. The van der Waals surface area contributed by atoms with Gasteiger partial charge in [0.05, 0.1) is 12.6 Å². The summed E-state index contributed by atoms with van der Waals surface area (Å²) >= 11 is 0. The maximum atomic E-state index is 13.5. The number of ether oxygens (including phenoxy) is 1. The average molecular weight is 428 g/mol. The van der Waals surface area contributed by atoms with Crippen LogP contribution in [0.5, 0.6) is 0 Å². The molecule has 1 aromatic heterocycles. The van der Waals surface area contributed by atoms with Gasteiger partial charge in [0.1, 0.15) is 0 Å². The van der Waals surface area contributed by atoms with Gasteiger partial charge < -0.3 is 20.4 Å². The Morgan fingerprint density at radius 3 is 2.47 bits per heavy atom.